The van der Waals surface area contributed by atoms with E-state index in [1.54, 1.807) is 12.1 Å². The number of nitrogens with zero attached hydrogens (tertiary/aromatic N) is 5. The zero-order valence-electron chi connectivity index (χ0n) is 25.5. The largest absolute Gasteiger partial charge is 0.492 e. The van der Waals surface area contributed by atoms with E-state index in [4.69, 9.17) is 14.6 Å². The van der Waals surface area contributed by atoms with Crippen molar-refractivity contribution < 1.29 is 27.8 Å². The van der Waals surface area contributed by atoms with Crippen LogP contribution in [0.1, 0.15) is 32.1 Å². The van der Waals surface area contributed by atoms with Crippen LogP contribution < -0.4 is 15.0 Å². The van der Waals surface area contributed by atoms with Gasteiger partial charge in [0.25, 0.3) is 0 Å². The molecule has 0 radical (unpaired) electrons. The normalized spacial score (nSPS) is 19.4. The summed E-state index contributed by atoms with van der Waals surface area (Å²) in [5.41, 5.74) is 2.36. The van der Waals surface area contributed by atoms with Crippen LogP contribution in [-0.4, -0.2) is 104 Å². The highest BCUT2D eigenvalue weighted by atomic mass is 32.2. The summed E-state index contributed by atoms with van der Waals surface area (Å²) in [6, 6.07) is 14.9. The Labute approximate surface area is 265 Å². The maximum atomic E-state index is 13.3. The number of aliphatic hydroxyl groups is 1. The van der Waals surface area contributed by atoms with Gasteiger partial charge >= 0.3 is 0 Å². The van der Waals surface area contributed by atoms with Crippen molar-refractivity contribution in [3.05, 3.63) is 60.9 Å². The molecule has 3 aliphatic heterocycles. The number of anilines is 2. The molecule has 0 bridgehead atoms. The molecular formula is C32H42N6O6S. The summed E-state index contributed by atoms with van der Waals surface area (Å²) >= 11 is 0. The Balaban J connectivity index is 0.000000505. The summed E-state index contributed by atoms with van der Waals surface area (Å²) < 4.78 is 39.1. The van der Waals surface area contributed by atoms with E-state index >= 15 is 0 Å². The summed E-state index contributed by atoms with van der Waals surface area (Å²) in [6.45, 7) is 6.15. The number of piperazine rings is 1. The minimum absolute atomic E-state index is 0.266. The monoisotopic (exact) mass is 638 g/mol. The zero-order valence-corrected chi connectivity index (χ0v) is 26.3. The highest BCUT2D eigenvalue weighted by molar-refractivity contribution is 7.89. The van der Waals surface area contributed by atoms with E-state index in [0.29, 0.717) is 50.8 Å². The molecule has 3 saturated heterocycles. The number of para-hydroxylation sites is 1. The molecule has 13 heteroatoms. The number of hydrogen-bond acceptors (Lipinski definition) is 10. The number of aliphatic hydroxyl groups excluding tert-OH is 1. The minimum atomic E-state index is -3.63. The summed E-state index contributed by atoms with van der Waals surface area (Å²) in [6.07, 6.45) is 8.70. The third-order valence-electron chi connectivity index (χ3n) is 8.09. The lowest BCUT2D eigenvalue weighted by Crippen LogP contribution is -2.49. The van der Waals surface area contributed by atoms with Gasteiger partial charge in [0.05, 0.1) is 23.0 Å². The first kappa shape index (κ1) is 32.8. The molecule has 1 atom stereocenters. The van der Waals surface area contributed by atoms with Crippen molar-refractivity contribution in [3.8, 4) is 16.9 Å². The second kappa shape index (κ2) is 16.1. The predicted molar refractivity (Wildman–Crippen MR) is 172 cm³/mol. The second-order valence-electron chi connectivity index (χ2n) is 11.2. The van der Waals surface area contributed by atoms with Crippen LogP contribution >= 0.6 is 0 Å². The summed E-state index contributed by atoms with van der Waals surface area (Å²) in [5.74, 6) is 1.31. The lowest BCUT2D eigenvalue weighted by molar-refractivity contribution is -0.123. The van der Waals surface area contributed by atoms with Crippen molar-refractivity contribution in [1.29, 1.82) is 0 Å². The Morgan fingerprint density at radius 1 is 0.933 bits per heavy atom. The van der Waals surface area contributed by atoms with Crippen LogP contribution in [0.15, 0.2) is 65.8 Å². The molecule has 6 rings (SSSR count). The number of amides is 1. The molecule has 3 aromatic rings. The third kappa shape index (κ3) is 8.98. The second-order valence-corrected chi connectivity index (χ2v) is 13.1. The summed E-state index contributed by atoms with van der Waals surface area (Å²) in [7, 11) is -3.63. The number of rotatable bonds is 10. The maximum absolute atomic E-state index is 13.3. The molecule has 0 saturated carbocycles. The molecule has 3 aliphatic rings. The van der Waals surface area contributed by atoms with Crippen molar-refractivity contribution in [2.24, 2.45) is 0 Å². The third-order valence-corrected chi connectivity index (χ3v) is 10.0. The first-order valence-electron chi connectivity index (χ1n) is 15.6. The van der Waals surface area contributed by atoms with E-state index in [1.165, 1.54) is 29.5 Å². The molecule has 242 valence electrons. The molecule has 1 aromatic heterocycles. The van der Waals surface area contributed by atoms with Gasteiger partial charge in [0.15, 0.2) is 6.29 Å². The van der Waals surface area contributed by atoms with Gasteiger partial charge in [0, 0.05) is 44.9 Å². The van der Waals surface area contributed by atoms with Crippen molar-refractivity contribution in [2.75, 3.05) is 69.2 Å². The topological polar surface area (TPSA) is 137 Å². The van der Waals surface area contributed by atoms with Crippen molar-refractivity contribution in [3.63, 3.8) is 0 Å². The molecule has 1 unspecified atom stereocenters. The van der Waals surface area contributed by atoms with E-state index in [0.717, 1.165) is 62.4 Å². The van der Waals surface area contributed by atoms with Crippen molar-refractivity contribution in [2.45, 2.75) is 43.3 Å². The predicted octanol–water partition coefficient (Wildman–Crippen LogP) is 3.20. The standard InChI is InChI=1S/C27H32N6O4S.C5H10O2/c34-21-30-23-19-28-27(29-20-23)32-13-15-33(16-14-32)38(35,36)24-9-7-22(8-10-24)25-5-1-2-6-26(25)37-18-17-31-11-3-4-12-31;6-5-3-1-2-4-7-5/h1-2,5-10,19-21H,3-4,11-18H2,(H,30,34);5-6H,1-4H2. The van der Waals surface area contributed by atoms with Gasteiger partial charge in [-0.15, -0.1) is 0 Å². The van der Waals surface area contributed by atoms with E-state index in [9.17, 15) is 13.2 Å². The Kier molecular flexibility index (Phi) is 11.7. The number of nitrogens with one attached hydrogen (secondary N) is 1. The van der Waals surface area contributed by atoms with Crippen LogP contribution in [0.25, 0.3) is 11.1 Å². The molecule has 1 amide bonds. The molecule has 45 heavy (non-hydrogen) atoms. The van der Waals surface area contributed by atoms with Gasteiger partial charge in [-0.25, -0.2) is 18.4 Å². The van der Waals surface area contributed by atoms with Gasteiger partial charge in [-0.3, -0.25) is 9.69 Å². The van der Waals surface area contributed by atoms with Gasteiger partial charge in [0.1, 0.15) is 12.4 Å². The average Bonchev–Trinajstić information content (AvgIpc) is 3.60. The summed E-state index contributed by atoms with van der Waals surface area (Å²) in [4.78, 5) is 23.7. The minimum Gasteiger partial charge on any atom is -0.492 e. The fourth-order valence-electron chi connectivity index (χ4n) is 5.56. The molecule has 3 fully saturated rings. The van der Waals surface area contributed by atoms with Crippen LogP contribution in [0.3, 0.4) is 0 Å². The van der Waals surface area contributed by atoms with Crippen LogP contribution in [0.2, 0.25) is 0 Å². The van der Waals surface area contributed by atoms with E-state index in [2.05, 4.69) is 20.2 Å². The van der Waals surface area contributed by atoms with Gasteiger partial charge in [0.2, 0.25) is 22.4 Å². The van der Waals surface area contributed by atoms with Crippen molar-refractivity contribution >= 4 is 28.1 Å². The molecule has 0 spiro atoms. The van der Waals surface area contributed by atoms with Crippen molar-refractivity contribution in [1.82, 2.24) is 19.2 Å². The molecule has 4 heterocycles. The number of likely N-dealkylation sites (tertiary alicyclic amines) is 1. The van der Waals surface area contributed by atoms with Gasteiger partial charge in [-0.1, -0.05) is 30.3 Å². The first-order chi connectivity index (χ1) is 21.9. The molecule has 2 N–H and O–H groups in total. The van der Waals surface area contributed by atoms with Crippen LogP contribution in [0.4, 0.5) is 11.6 Å². The molecule has 2 aromatic carbocycles. The fraction of sp³-hybridized carbons (Fsp3) is 0.469. The lowest BCUT2D eigenvalue weighted by Gasteiger charge is -2.34. The smallest absolute Gasteiger partial charge is 0.243 e. The highest BCUT2D eigenvalue weighted by Gasteiger charge is 2.29. The number of sulfonamides is 1. The Hall–Kier alpha value is -3.62. The fourth-order valence-corrected chi connectivity index (χ4v) is 6.98. The lowest BCUT2D eigenvalue weighted by atomic mass is 10.1. The van der Waals surface area contributed by atoms with Crippen LogP contribution in [0, 0.1) is 0 Å². The highest BCUT2D eigenvalue weighted by Crippen LogP contribution is 2.31. The number of aromatic nitrogens is 2. The average molecular weight is 639 g/mol. The number of ether oxygens (including phenoxy) is 2. The zero-order chi connectivity index (χ0) is 31.5. The summed E-state index contributed by atoms with van der Waals surface area (Å²) in [5, 5.41) is 11.2. The number of carbonyl (C=O) groups excluding carboxylic acids is 1. The van der Waals surface area contributed by atoms with E-state index in [1.807, 2.05) is 41.3 Å². The van der Waals surface area contributed by atoms with E-state index in [-0.39, 0.29) is 4.90 Å². The Bertz CT molecular complexity index is 1450. The van der Waals surface area contributed by atoms with Crippen LogP contribution in [-0.2, 0) is 19.6 Å². The molecule has 12 nitrogen and oxygen atoms in total. The number of benzene rings is 2. The number of hydrogen-bond donors (Lipinski definition) is 2. The van der Waals surface area contributed by atoms with Crippen LogP contribution in [0.5, 0.6) is 5.75 Å². The van der Waals surface area contributed by atoms with Gasteiger partial charge in [-0.2, -0.15) is 4.31 Å². The SMILES string of the molecule is O=CNc1cnc(N2CCN(S(=O)(=O)c3ccc(-c4ccccc4OCCN4CCCC4)cc3)CC2)nc1.OC1CCCCO1. The first-order valence-corrected chi connectivity index (χ1v) is 17.0. The number of carbonyl (C=O) groups is 1. The molecule has 0 aliphatic carbocycles. The molecular weight excluding hydrogens is 596 g/mol. The van der Waals surface area contributed by atoms with Gasteiger partial charge < -0.3 is 24.8 Å². The van der Waals surface area contributed by atoms with Gasteiger partial charge in [-0.05, 0) is 69.0 Å². The quantitative estimate of drug-likeness (QED) is 0.319. The van der Waals surface area contributed by atoms with E-state index < -0.39 is 16.3 Å². The Morgan fingerprint density at radius 2 is 1.64 bits per heavy atom. The maximum Gasteiger partial charge on any atom is 0.243 e. The Morgan fingerprint density at radius 3 is 2.27 bits per heavy atom.